The van der Waals surface area contributed by atoms with Gasteiger partial charge in [-0.25, -0.2) is 0 Å². The highest BCUT2D eigenvalue weighted by Gasteiger charge is 2.38. The van der Waals surface area contributed by atoms with Crippen LogP contribution in [0.5, 0.6) is 0 Å². The van der Waals surface area contributed by atoms with Gasteiger partial charge < -0.3 is 5.11 Å². The molecule has 0 radical (unpaired) electrons. The zero-order valence-electron chi connectivity index (χ0n) is 10.0. The molecule has 96 valence electrons. The standard InChI is InChI=1S/C12H16F3NO/c1-8(17)6-11(2,3)10-7-16-5-4-9(10)12(13,14)15/h4-5,7-8,17H,6H2,1-3H3. The Kier molecular flexibility index (Phi) is 3.81. The van der Waals surface area contributed by atoms with Gasteiger partial charge in [0.15, 0.2) is 0 Å². The molecule has 1 aromatic rings. The van der Waals surface area contributed by atoms with Crippen LogP contribution in [0.1, 0.15) is 38.3 Å². The minimum absolute atomic E-state index is 0.119. The maximum atomic E-state index is 12.8. The molecule has 0 bridgehead atoms. The second kappa shape index (κ2) is 4.64. The zero-order valence-corrected chi connectivity index (χ0v) is 10.0. The lowest BCUT2D eigenvalue weighted by Crippen LogP contribution is -2.26. The Morgan fingerprint density at radius 2 is 1.88 bits per heavy atom. The zero-order chi connectivity index (χ0) is 13.3. The predicted octanol–water partition coefficient (Wildman–Crippen LogP) is 3.15. The van der Waals surface area contributed by atoms with Gasteiger partial charge in [-0.1, -0.05) is 13.8 Å². The number of hydrogen-bond donors (Lipinski definition) is 1. The SMILES string of the molecule is CC(O)CC(C)(C)c1cnccc1C(F)(F)F. The molecule has 0 aliphatic heterocycles. The summed E-state index contributed by atoms with van der Waals surface area (Å²) in [5, 5.41) is 9.34. The molecular weight excluding hydrogens is 231 g/mol. The van der Waals surface area contributed by atoms with Crippen LogP contribution in [-0.4, -0.2) is 16.2 Å². The Bertz CT molecular complexity index is 386. The Morgan fingerprint density at radius 3 is 2.35 bits per heavy atom. The van der Waals surface area contributed by atoms with Gasteiger partial charge in [-0.2, -0.15) is 13.2 Å². The molecule has 0 aliphatic rings. The summed E-state index contributed by atoms with van der Waals surface area (Å²) in [6, 6.07) is 0.971. The van der Waals surface area contributed by atoms with Gasteiger partial charge in [0, 0.05) is 12.4 Å². The normalized spacial score (nSPS) is 14.8. The van der Waals surface area contributed by atoms with Crippen molar-refractivity contribution in [2.45, 2.75) is 44.9 Å². The topological polar surface area (TPSA) is 33.1 Å². The lowest BCUT2D eigenvalue weighted by molar-refractivity contribution is -0.138. The lowest BCUT2D eigenvalue weighted by atomic mass is 9.78. The maximum Gasteiger partial charge on any atom is 0.416 e. The molecule has 0 aliphatic carbocycles. The highest BCUT2D eigenvalue weighted by molar-refractivity contribution is 5.32. The molecule has 0 spiro atoms. The van der Waals surface area contributed by atoms with Gasteiger partial charge in [0.2, 0.25) is 0 Å². The molecule has 1 rings (SSSR count). The molecule has 1 unspecified atom stereocenters. The molecule has 17 heavy (non-hydrogen) atoms. The number of alkyl halides is 3. The predicted molar refractivity (Wildman–Crippen MR) is 58.6 cm³/mol. The van der Waals surface area contributed by atoms with E-state index in [1.54, 1.807) is 20.8 Å². The van der Waals surface area contributed by atoms with Gasteiger partial charge in [-0.15, -0.1) is 0 Å². The third-order valence-corrected chi connectivity index (χ3v) is 2.66. The molecule has 5 heteroatoms. The second-order valence-corrected chi connectivity index (χ2v) is 4.86. The maximum absolute atomic E-state index is 12.8. The third-order valence-electron chi connectivity index (χ3n) is 2.66. The van der Waals surface area contributed by atoms with Gasteiger partial charge in [-0.05, 0) is 30.4 Å². The van der Waals surface area contributed by atoms with Crippen molar-refractivity contribution in [1.82, 2.24) is 4.98 Å². The molecule has 1 heterocycles. The van der Waals surface area contributed by atoms with Gasteiger partial charge in [-0.3, -0.25) is 4.98 Å². The molecule has 0 aromatic carbocycles. The van der Waals surface area contributed by atoms with E-state index in [0.29, 0.717) is 0 Å². The number of hydrogen-bond acceptors (Lipinski definition) is 2. The molecule has 0 fully saturated rings. The fraction of sp³-hybridized carbons (Fsp3) is 0.583. The van der Waals surface area contributed by atoms with Gasteiger partial charge in [0.05, 0.1) is 11.7 Å². The fourth-order valence-electron chi connectivity index (χ4n) is 2.03. The van der Waals surface area contributed by atoms with Crippen molar-refractivity contribution < 1.29 is 18.3 Å². The van der Waals surface area contributed by atoms with Crippen LogP contribution in [-0.2, 0) is 11.6 Å². The smallest absolute Gasteiger partial charge is 0.393 e. The number of pyridine rings is 1. The first-order chi connectivity index (χ1) is 7.64. The van der Waals surface area contributed by atoms with Crippen LogP contribution in [0.4, 0.5) is 13.2 Å². The number of aliphatic hydroxyl groups excluding tert-OH is 1. The van der Waals surface area contributed by atoms with Crippen LogP contribution in [0.25, 0.3) is 0 Å². The van der Waals surface area contributed by atoms with Crippen molar-refractivity contribution in [2.24, 2.45) is 0 Å². The van der Waals surface area contributed by atoms with Crippen molar-refractivity contribution in [1.29, 1.82) is 0 Å². The summed E-state index contributed by atoms with van der Waals surface area (Å²) < 4.78 is 38.5. The largest absolute Gasteiger partial charge is 0.416 e. The second-order valence-electron chi connectivity index (χ2n) is 4.86. The van der Waals surface area contributed by atoms with E-state index in [-0.39, 0.29) is 12.0 Å². The van der Waals surface area contributed by atoms with Gasteiger partial charge in [0.25, 0.3) is 0 Å². The number of aliphatic hydroxyl groups is 1. The van der Waals surface area contributed by atoms with E-state index in [0.717, 1.165) is 12.3 Å². The first-order valence-corrected chi connectivity index (χ1v) is 5.34. The van der Waals surface area contributed by atoms with E-state index in [1.807, 2.05) is 0 Å². The Morgan fingerprint density at radius 1 is 1.29 bits per heavy atom. The van der Waals surface area contributed by atoms with Crippen LogP contribution in [0.3, 0.4) is 0 Å². The molecule has 0 saturated carbocycles. The number of rotatable bonds is 3. The van der Waals surface area contributed by atoms with Crippen LogP contribution in [0.15, 0.2) is 18.5 Å². The molecular formula is C12H16F3NO. The first-order valence-electron chi connectivity index (χ1n) is 5.34. The van der Waals surface area contributed by atoms with Crippen molar-refractivity contribution >= 4 is 0 Å². The first kappa shape index (κ1) is 14.0. The highest BCUT2D eigenvalue weighted by atomic mass is 19.4. The Balaban J connectivity index is 3.22. The molecule has 2 nitrogen and oxygen atoms in total. The van der Waals surface area contributed by atoms with Crippen molar-refractivity contribution in [2.75, 3.05) is 0 Å². The average Bonchev–Trinajstić information content (AvgIpc) is 2.14. The summed E-state index contributed by atoms with van der Waals surface area (Å²) in [5.41, 5.74) is -1.33. The molecule has 1 atom stereocenters. The quantitative estimate of drug-likeness (QED) is 0.890. The van der Waals surface area contributed by atoms with Crippen molar-refractivity contribution in [3.8, 4) is 0 Å². The van der Waals surface area contributed by atoms with E-state index in [4.69, 9.17) is 0 Å². The van der Waals surface area contributed by atoms with Crippen LogP contribution < -0.4 is 0 Å². The number of nitrogens with zero attached hydrogens (tertiary/aromatic N) is 1. The van der Waals surface area contributed by atoms with Crippen LogP contribution in [0.2, 0.25) is 0 Å². The minimum Gasteiger partial charge on any atom is -0.393 e. The lowest BCUT2D eigenvalue weighted by Gasteiger charge is -2.29. The van der Waals surface area contributed by atoms with E-state index >= 15 is 0 Å². The highest BCUT2D eigenvalue weighted by Crippen LogP contribution is 2.38. The Labute approximate surface area is 98.5 Å². The van der Waals surface area contributed by atoms with Crippen LogP contribution >= 0.6 is 0 Å². The van der Waals surface area contributed by atoms with Gasteiger partial charge in [0.1, 0.15) is 0 Å². The summed E-state index contributed by atoms with van der Waals surface area (Å²) in [6.45, 7) is 4.91. The summed E-state index contributed by atoms with van der Waals surface area (Å²) in [4.78, 5) is 3.75. The molecule has 1 N–H and O–H groups in total. The molecule has 0 saturated heterocycles. The van der Waals surface area contributed by atoms with E-state index in [1.165, 1.54) is 6.20 Å². The molecule has 1 aromatic heterocycles. The summed E-state index contributed by atoms with van der Waals surface area (Å²) in [5.74, 6) is 0. The van der Waals surface area contributed by atoms with Crippen molar-refractivity contribution in [3.05, 3.63) is 29.6 Å². The molecule has 0 amide bonds. The Hall–Kier alpha value is -1.10. The number of aromatic nitrogens is 1. The summed E-state index contributed by atoms with van der Waals surface area (Å²) in [6.07, 6.45) is -2.45. The van der Waals surface area contributed by atoms with E-state index < -0.39 is 23.3 Å². The van der Waals surface area contributed by atoms with Crippen molar-refractivity contribution in [3.63, 3.8) is 0 Å². The monoisotopic (exact) mass is 247 g/mol. The minimum atomic E-state index is -4.39. The average molecular weight is 247 g/mol. The van der Waals surface area contributed by atoms with E-state index in [2.05, 4.69) is 4.98 Å². The summed E-state index contributed by atoms with van der Waals surface area (Å²) in [7, 11) is 0. The van der Waals surface area contributed by atoms with E-state index in [9.17, 15) is 18.3 Å². The van der Waals surface area contributed by atoms with Gasteiger partial charge >= 0.3 is 6.18 Å². The fourth-order valence-corrected chi connectivity index (χ4v) is 2.03. The van der Waals surface area contributed by atoms with Crippen LogP contribution in [0, 0.1) is 0 Å². The number of halogens is 3. The summed E-state index contributed by atoms with van der Waals surface area (Å²) >= 11 is 0. The third kappa shape index (κ3) is 3.43.